The first-order chi connectivity index (χ1) is 40.5. The normalized spacial score (nSPS) is 12.3. The van der Waals surface area contributed by atoms with Crippen LogP contribution >= 0.6 is 0 Å². The summed E-state index contributed by atoms with van der Waals surface area (Å²) in [6.45, 7) is 6.66. The van der Waals surface area contributed by atoms with E-state index in [0.29, 0.717) is 19.3 Å². The quantitative estimate of drug-likeness (QED) is 0.0261. The SMILES string of the molecule is CCCCC/C=C\CCCCCCCC(=O)OCC(COC(=O)CCCCCCCCCCCCCCCCCCCCCCCCCCCCC)OC(=O)CCCCCCCCCCCC/C=C\C/C=C\C/C=C\CCCCCCC. The van der Waals surface area contributed by atoms with E-state index in [2.05, 4.69) is 69.4 Å². The molecular weight excluding hydrogens is 1010 g/mol. The highest BCUT2D eigenvalue weighted by molar-refractivity contribution is 5.71. The lowest BCUT2D eigenvalue weighted by Crippen LogP contribution is -2.30. The molecule has 6 heteroatoms. The van der Waals surface area contributed by atoms with Gasteiger partial charge in [-0.05, 0) is 83.5 Å². The molecule has 1 unspecified atom stereocenters. The van der Waals surface area contributed by atoms with E-state index in [1.54, 1.807) is 0 Å². The lowest BCUT2D eigenvalue weighted by Gasteiger charge is -2.18. The molecule has 0 spiro atoms. The molecule has 0 fully saturated rings. The lowest BCUT2D eigenvalue weighted by atomic mass is 10.0. The molecule has 0 aromatic heterocycles. The molecule has 1 atom stereocenters. The van der Waals surface area contributed by atoms with Gasteiger partial charge in [0.2, 0.25) is 0 Å². The number of hydrogen-bond donors (Lipinski definition) is 0. The van der Waals surface area contributed by atoms with Crippen LogP contribution < -0.4 is 0 Å². The van der Waals surface area contributed by atoms with Crippen molar-refractivity contribution in [2.45, 2.75) is 406 Å². The molecule has 0 aliphatic rings. The fourth-order valence-corrected chi connectivity index (χ4v) is 11.0. The van der Waals surface area contributed by atoms with E-state index < -0.39 is 6.10 Å². The average Bonchev–Trinajstić information content (AvgIpc) is 3.48. The Bertz CT molecular complexity index is 1410. The second-order valence-electron chi connectivity index (χ2n) is 24.9. The summed E-state index contributed by atoms with van der Waals surface area (Å²) in [5.41, 5.74) is 0. The average molecular weight is 1150 g/mol. The van der Waals surface area contributed by atoms with Crippen LogP contribution in [0.5, 0.6) is 0 Å². The maximum absolute atomic E-state index is 13.0. The summed E-state index contributed by atoms with van der Waals surface area (Å²) in [6, 6.07) is 0. The molecule has 0 bridgehead atoms. The Balaban J connectivity index is 4.20. The third kappa shape index (κ3) is 68.2. The van der Waals surface area contributed by atoms with Crippen molar-refractivity contribution < 1.29 is 28.6 Å². The summed E-state index contributed by atoms with van der Waals surface area (Å²) in [4.78, 5) is 38.4. The van der Waals surface area contributed by atoms with Gasteiger partial charge in [0.05, 0.1) is 0 Å². The van der Waals surface area contributed by atoms with Crippen LogP contribution in [-0.4, -0.2) is 37.2 Å². The van der Waals surface area contributed by atoms with Crippen LogP contribution in [0.4, 0.5) is 0 Å². The van der Waals surface area contributed by atoms with Crippen molar-refractivity contribution in [3.8, 4) is 0 Å². The number of unbranched alkanes of at least 4 members (excludes halogenated alkanes) is 49. The van der Waals surface area contributed by atoms with Crippen molar-refractivity contribution in [1.82, 2.24) is 0 Å². The Morgan fingerprint density at radius 1 is 0.244 bits per heavy atom. The second-order valence-corrected chi connectivity index (χ2v) is 24.9. The fourth-order valence-electron chi connectivity index (χ4n) is 11.0. The molecule has 0 radical (unpaired) electrons. The van der Waals surface area contributed by atoms with Crippen LogP contribution in [0, 0.1) is 0 Å². The highest BCUT2D eigenvalue weighted by Crippen LogP contribution is 2.19. The van der Waals surface area contributed by atoms with Crippen LogP contribution in [0.3, 0.4) is 0 Å². The maximum atomic E-state index is 13.0. The summed E-state index contributed by atoms with van der Waals surface area (Å²) < 4.78 is 17.0. The number of hydrogen-bond acceptors (Lipinski definition) is 6. The Morgan fingerprint density at radius 3 is 0.720 bits per heavy atom. The first-order valence-corrected chi connectivity index (χ1v) is 36.6. The maximum Gasteiger partial charge on any atom is 0.306 e. The van der Waals surface area contributed by atoms with Crippen LogP contribution in [0.2, 0.25) is 0 Å². The second kappa shape index (κ2) is 70.9. The standard InChI is InChI=1S/C76H140O6/c1-4-7-10-13-16-19-22-25-27-29-31-33-35-37-38-40-41-43-45-47-49-51-54-57-60-63-66-69-75(78)81-72-73(71-80-74(77)68-65-62-59-56-53-24-21-18-15-12-9-6-3)82-76(79)70-67-64-61-58-55-52-50-48-46-44-42-39-36-34-32-30-28-26-23-20-17-14-11-8-5-2/h18,21,23,26,30,32,36,39,73H,4-17,19-20,22,24-25,27-29,31,33-35,37-38,40-72H2,1-3H3/b21-18-,26-23-,32-30-,39-36-. The number of rotatable bonds is 68. The molecule has 0 heterocycles. The van der Waals surface area contributed by atoms with E-state index in [4.69, 9.17) is 14.2 Å². The Morgan fingerprint density at radius 2 is 0.439 bits per heavy atom. The lowest BCUT2D eigenvalue weighted by molar-refractivity contribution is -0.167. The number of ether oxygens (including phenoxy) is 3. The van der Waals surface area contributed by atoms with Crippen molar-refractivity contribution in [1.29, 1.82) is 0 Å². The van der Waals surface area contributed by atoms with Crippen LogP contribution in [-0.2, 0) is 28.6 Å². The topological polar surface area (TPSA) is 78.9 Å². The van der Waals surface area contributed by atoms with Gasteiger partial charge in [0, 0.05) is 19.3 Å². The van der Waals surface area contributed by atoms with Crippen molar-refractivity contribution in [3.05, 3.63) is 48.6 Å². The van der Waals surface area contributed by atoms with E-state index in [0.717, 1.165) is 77.0 Å². The van der Waals surface area contributed by atoms with Gasteiger partial charge in [-0.3, -0.25) is 14.4 Å². The van der Waals surface area contributed by atoms with E-state index >= 15 is 0 Å². The zero-order valence-electron chi connectivity index (χ0n) is 55.3. The molecule has 0 saturated carbocycles. The van der Waals surface area contributed by atoms with Crippen LogP contribution in [0.25, 0.3) is 0 Å². The summed E-state index contributed by atoms with van der Waals surface area (Å²) in [7, 11) is 0. The first kappa shape index (κ1) is 79.4. The highest BCUT2D eigenvalue weighted by atomic mass is 16.6. The van der Waals surface area contributed by atoms with Crippen molar-refractivity contribution in [2.24, 2.45) is 0 Å². The van der Waals surface area contributed by atoms with Gasteiger partial charge in [-0.25, -0.2) is 0 Å². The van der Waals surface area contributed by atoms with Crippen molar-refractivity contribution in [3.63, 3.8) is 0 Å². The van der Waals surface area contributed by atoms with E-state index in [1.807, 2.05) is 0 Å². The van der Waals surface area contributed by atoms with Gasteiger partial charge in [0.25, 0.3) is 0 Å². The molecule has 0 amide bonds. The van der Waals surface area contributed by atoms with Gasteiger partial charge >= 0.3 is 17.9 Å². The molecule has 0 aliphatic heterocycles. The summed E-state index contributed by atoms with van der Waals surface area (Å²) >= 11 is 0. The van der Waals surface area contributed by atoms with Gasteiger partial charge in [-0.15, -0.1) is 0 Å². The predicted octanol–water partition coefficient (Wildman–Crippen LogP) is 25.3. The minimum Gasteiger partial charge on any atom is -0.462 e. The highest BCUT2D eigenvalue weighted by Gasteiger charge is 2.19. The number of carbonyl (C=O) groups is 3. The zero-order valence-corrected chi connectivity index (χ0v) is 55.3. The van der Waals surface area contributed by atoms with Gasteiger partial charge in [0.15, 0.2) is 6.10 Å². The minimum atomic E-state index is -0.778. The number of esters is 3. The van der Waals surface area contributed by atoms with E-state index in [-0.39, 0.29) is 31.1 Å². The molecule has 0 aromatic rings. The van der Waals surface area contributed by atoms with Crippen LogP contribution in [0.15, 0.2) is 48.6 Å². The zero-order chi connectivity index (χ0) is 59.2. The predicted molar refractivity (Wildman–Crippen MR) is 358 cm³/mol. The van der Waals surface area contributed by atoms with Crippen molar-refractivity contribution >= 4 is 17.9 Å². The fraction of sp³-hybridized carbons (Fsp3) is 0.855. The third-order valence-electron chi connectivity index (χ3n) is 16.6. The summed E-state index contributed by atoms with van der Waals surface area (Å²) in [6.07, 6.45) is 90.1. The Labute approximate surface area is 511 Å². The molecule has 0 N–H and O–H groups in total. The molecule has 6 nitrogen and oxygen atoms in total. The van der Waals surface area contributed by atoms with Gasteiger partial charge in [-0.1, -0.05) is 345 Å². The Hall–Kier alpha value is -2.63. The molecule has 480 valence electrons. The molecule has 0 saturated heterocycles. The number of allylic oxidation sites excluding steroid dienone is 8. The summed E-state index contributed by atoms with van der Waals surface area (Å²) in [5.74, 6) is -0.861. The molecular formula is C76H140O6. The van der Waals surface area contributed by atoms with Gasteiger partial charge in [-0.2, -0.15) is 0 Å². The monoisotopic (exact) mass is 1150 g/mol. The molecule has 0 aliphatic carbocycles. The smallest absolute Gasteiger partial charge is 0.306 e. The van der Waals surface area contributed by atoms with Gasteiger partial charge in [0.1, 0.15) is 13.2 Å². The minimum absolute atomic E-state index is 0.0731. The van der Waals surface area contributed by atoms with Crippen LogP contribution in [0.1, 0.15) is 400 Å². The first-order valence-electron chi connectivity index (χ1n) is 36.6. The van der Waals surface area contributed by atoms with E-state index in [9.17, 15) is 14.4 Å². The largest absolute Gasteiger partial charge is 0.462 e. The van der Waals surface area contributed by atoms with Gasteiger partial charge < -0.3 is 14.2 Å². The molecule has 0 rings (SSSR count). The number of carbonyl (C=O) groups excluding carboxylic acids is 3. The summed E-state index contributed by atoms with van der Waals surface area (Å²) in [5, 5.41) is 0. The third-order valence-corrected chi connectivity index (χ3v) is 16.6. The van der Waals surface area contributed by atoms with Crippen molar-refractivity contribution in [2.75, 3.05) is 13.2 Å². The molecule has 82 heavy (non-hydrogen) atoms. The molecule has 0 aromatic carbocycles. The van der Waals surface area contributed by atoms with E-state index in [1.165, 1.54) is 283 Å². The Kier molecular flexibility index (Phi) is 68.6.